The maximum Gasteiger partial charge on any atom is 0.216 e. The second-order valence-corrected chi connectivity index (χ2v) is 5.06. The Kier molecular flexibility index (Phi) is 4.52. The van der Waals surface area contributed by atoms with Gasteiger partial charge in [-0.15, -0.1) is 0 Å². The molecule has 0 aliphatic carbocycles. The van der Waals surface area contributed by atoms with Crippen LogP contribution in [0.3, 0.4) is 0 Å². The van der Waals surface area contributed by atoms with Crippen LogP contribution in [0.2, 0.25) is 0 Å². The first kappa shape index (κ1) is 12.9. The summed E-state index contributed by atoms with van der Waals surface area (Å²) in [5.41, 5.74) is -0.303. The van der Waals surface area contributed by atoms with Gasteiger partial charge in [-0.3, -0.25) is 0 Å². The Hall–Kier alpha value is -0.160. The first-order valence-corrected chi connectivity index (χ1v) is 5.76. The van der Waals surface area contributed by atoms with E-state index in [0.29, 0.717) is 6.04 Å². The van der Waals surface area contributed by atoms with Crippen molar-refractivity contribution in [1.82, 2.24) is 10.2 Å². The van der Waals surface area contributed by atoms with Gasteiger partial charge in [-0.2, -0.15) is 0 Å². The fourth-order valence-electron chi connectivity index (χ4n) is 1.83. The lowest BCUT2D eigenvalue weighted by molar-refractivity contribution is -0.250. The number of rotatable bonds is 3. The standard InChI is InChI=1S/C11H24N2O2/c1-5-9-8-12-6-7-13(9)10(14)15-11(2,3)4/h9-10,12,14H,5-8H2,1-4H3/t9-,10?/m0/s1. The molecule has 4 nitrogen and oxygen atoms in total. The van der Waals surface area contributed by atoms with Crippen LogP contribution in [-0.2, 0) is 4.74 Å². The first-order valence-electron chi connectivity index (χ1n) is 5.76. The Morgan fingerprint density at radius 2 is 2.20 bits per heavy atom. The maximum atomic E-state index is 9.99. The normalized spacial score (nSPS) is 26.6. The Balaban J connectivity index is 2.52. The predicted molar refractivity (Wildman–Crippen MR) is 60.5 cm³/mol. The zero-order valence-corrected chi connectivity index (χ0v) is 10.3. The molecule has 2 N–H and O–H groups in total. The lowest BCUT2D eigenvalue weighted by atomic mass is 10.1. The molecule has 1 aliphatic heterocycles. The van der Waals surface area contributed by atoms with E-state index in [1.54, 1.807) is 0 Å². The smallest absolute Gasteiger partial charge is 0.216 e. The number of hydrogen-bond acceptors (Lipinski definition) is 4. The Bertz CT molecular complexity index is 192. The number of ether oxygens (including phenoxy) is 1. The van der Waals surface area contributed by atoms with Crippen molar-refractivity contribution in [2.75, 3.05) is 19.6 Å². The highest BCUT2D eigenvalue weighted by molar-refractivity contribution is 4.78. The van der Waals surface area contributed by atoms with Crippen LogP contribution in [0, 0.1) is 0 Å². The molecule has 0 aromatic carbocycles. The van der Waals surface area contributed by atoms with E-state index in [1.807, 2.05) is 25.7 Å². The van der Waals surface area contributed by atoms with Gasteiger partial charge < -0.3 is 15.2 Å². The van der Waals surface area contributed by atoms with E-state index in [1.165, 1.54) is 0 Å². The van der Waals surface area contributed by atoms with Crippen LogP contribution in [0.15, 0.2) is 0 Å². The van der Waals surface area contributed by atoms with Crippen LogP contribution in [0.25, 0.3) is 0 Å². The summed E-state index contributed by atoms with van der Waals surface area (Å²) in [5, 5.41) is 13.3. The minimum absolute atomic E-state index is 0.303. The minimum atomic E-state index is -0.781. The van der Waals surface area contributed by atoms with E-state index in [9.17, 15) is 5.11 Å². The van der Waals surface area contributed by atoms with Crippen LogP contribution in [0.5, 0.6) is 0 Å². The van der Waals surface area contributed by atoms with Crippen molar-refractivity contribution in [3.05, 3.63) is 0 Å². The molecule has 0 radical (unpaired) electrons. The Morgan fingerprint density at radius 1 is 1.53 bits per heavy atom. The molecule has 0 aromatic heterocycles. The fraction of sp³-hybridized carbons (Fsp3) is 1.00. The van der Waals surface area contributed by atoms with Crippen LogP contribution in [0.1, 0.15) is 34.1 Å². The average molecular weight is 216 g/mol. The second-order valence-electron chi connectivity index (χ2n) is 5.06. The van der Waals surface area contributed by atoms with Crippen LogP contribution in [-0.4, -0.2) is 47.7 Å². The molecule has 1 rings (SSSR count). The van der Waals surface area contributed by atoms with Gasteiger partial charge in [0.2, 0.25) is 6.41 Å². The molecule has 1 unspecified atom stereocenters. The molecular weight excluding hydrogens is 192 g/mol. The zero-order valence-electron chi connectivity index (χ0n) is 10.3. The fourth-order valence-corrected chi connectivity index (χ4v) is 1.83. The van der Waals surface area contributed by atoms with E-state index in [-0.39, 0.29) is 5.60 Å². The first-order chi connectivity index (χ1) is 6.94. The molecule has 0 saturated carbocycles. The number of piperazine rings is 1. The predicted octanol–water partition coefficient (Wildman–Crippen LogP) is 0.761. The summed E-state index contributed by atoms with van der Waals surface area (Å²) in [4.78, 5) is 2.03. The average Bonchev–Trinajstić information content (AvgIpc) is 2.15. The third-order valence-corrected chi connectivity index (χ3v) is 2.61. The van der Waals surface area contributed by atoms with Crippen LogP contribution >= 0.6 is 0 Å². The van der Waals surface area contributed by atoms with Crippen molar-refractivity contribution in [1.29, 1.82) is 0 Å². The summed E-state index contributed by atoms with van der Waals surface area (Å²) in [6, 6.07) is 0.371. The molecule has 4 heteroatoms. The maximum absolute atomic E-state index is 9.99. The summed E-state index contributed by atoms with van der Waals surface area (Å²) in [6.45, 7) is 10.7. The molecule has 15 heavy (non-hydrogen) atoms. The molecule has 0 aromatic rings. The van der Waals surface area contributed by atoms with Crippen molar-refractivity contribution in [3.63, 3.8) is 0 Å². The van der Waals surface area contributed by atoms with Crippen LogP contribution < -0.4 is 5.32 Å². The molecule has 0 spiro atoms. The third kappa shape index (κ3) is 4.07. The summed E-state index contributed by atoms with van der Waals surface area (Å²) in [6.07, 6.45) is 0.245. The van der Waals surface area contributed by atoms with Crippen molar-refractivity contribution < 1.29 is 9.84 Å². The molecule has 90 valence electrons. The molecule has 1 heterocycles. The molecule has 1 saturated heterocycles. The van der Waals surface area contributed by atoms with E-state index in [0.717, 1.165) is 26.1 Å². The molecule has 2 atom stereocenters. The highest BCUT2D eigenvalue weighted by Crippen LogP contribution is 2.16. The van der Waals surface area contributed by atoms with Gasteiger partial charge in [-0.1, -0.05) is 6.92 Å². The number of hydrogen-bond donors (Lipinski definition) is 2. The monoisotopic (exact) mass is 216 g/mol. The van der Waals surface area contributed by atoms with Crippen molar-refractivity contribution >= 4 is 0 Å². The van der Waals surface area contributed by atoms with Gasteiger partial charge in [0.05, 0.1) is 5.60 Å². The largest absolute Gasteiger partial charge is 0.356 e. The summed E-state index contributed by atoms with van der Waals surface area (Å²) in [7, 11) is 0. The molecular formula is C11H24N2O2. The molecule has 1 fully saturated rings. The van der Waals surface area contributed by atoms with Gasteiger partial charge in [-0.25, -0.2) is 4.90 Å². The van der Waals surface area contributed by atoms with Crippen molar-refractivity contribution in [3.8, 4) is 0 Å². The Morgan fingerprint density at radius 3 is 2.73 bits per heavy atom. The Labute approximate surface area is 92.6 Å². The zero-order chi connectivity index (χ0) is 11.5. The van der Waals surface area contributed by atoms with Gasteiger partial charge in [0.25, 0.3) is 0 Å². The topological polar surface area (TPSA) is 44.7 Å². The van der Waals surface area contributed by atoms with Crippen molar-refractivity contribution in [2.24, 2.45) is 0 Å². The van der Waals surface area contributed by atoms with Crippen molar-refractivity contribution in [2.45, 2.75) is 52.2 Å². The van der Waals surface area contributed by atoms with Gasteiger partial charge >= 0.3 is 0 Å². The molecule has 0 bridgehead atoms. The minimum Gasteiger partial charge on any atom is -0.356 e. The highest BCUT2D eigenvalue weighted by Gasteiger charge is 2.29. The van der Waals surface area contributed by atoms with E-state index in [2.05, 4.69) is 12.2 Å². The summed E-state index contributed by atoms with van der Waals surface area (Å²) in [5.74, 6) is 0. The lowest BCUT2D eigenvalue weighted by Crippen LogP contribution is -2.56. The number of nitrogens with one attached hydrogen (secondary N) is 1. The third-order valence-electron chi connectivity index (χ3n) is 2.61. The van der Waals surface area contributed by atoms with Crippen LogP contribution in [0.4, 0.5) is 0 Å². The molecule has 1 aliphatic rings. The van der Waals surface area contributed by atoms with E-state index >= 15 is 0 Å². The molecule has 0 amide bonds. The SMILES string of the molecule is CC[C@H]1CNCCN1C(O)OC(C)(C)C. The number of aliphatic hydroxyl groups excluding tert-OH is 1. The highest BCUT2D eigenvalue weighted by atomic mass is 16.6. The quantitative estimate of drug-likeness (QED) is 0.684. The van der Waals surface area contributed by atoms with E-state index in [4.69, 9.17) is 4.74 Å². The van der Waals surface area contributed by atoms with E-state index < -0.39 is 6.41 Å². The lowest BCUT2D eigenvalue weighted by Gasteiger charge is -2.40. The summed E-state index contributed by atoms with van der Waals surface area (Å²) >= 11 is 0. The van der Waals surface area contributed by atoms with Gasteiger partial charge in [-0.05, 0) is 27.2 Å². The number of aliphatic hydroxyl groups is 1. The van der Waals surface area contributed by atoms with Gasteiger partial charge in [0, 0.05) is 25.7 Å². The van der Waals surface area contributed by atoms with Gasteiger partial charge in [0.1, 0.15) is 0 Å². The second kappa shape index (κ2) is 5.25. The summed E-state index contributed by atoms with van der Waals surface area (Å²) < 4.78 is 5.56. The number of nitrogens with zero attached hydrogens (tertiary/aromatic N) is 1. The van der Waals surface area contributed by atoms with Gasteiger partial charge in [0.15, 0.2) is 0 Å².